The first-order valence-electron chi connectivity index (χ1n) is 8.82. The number of benzene rings is 2. The third kappa shape index (κ3) is 6.32. The molecule has 0 fully saturated rings. The highest BCUT2D eigenvalue weighted by atomic mass is 32.2. The van der Waals surface area contributed by atoms with E-state index in [9.17, 15) is 18.9 Å². The van der Waals surface area contributed by atoms with Crippen LogP contribution in [-0.2, 0) is 32.5 Å². The number of carbonyl (C=O) groups is 2. The van der Waals surface area contributed by atoms with Gasteiger partial charge in [0.2, 0.25) is 0 Å². The number of carboxylic acids is 1. The fraction of sp³-hybridized carbons (Fsp3) is 0.333. The molecule has 2 atom stereocenters. The Kier molecular flexibility index (Phi) is 7.73. The van der Waals surface area contributed by atoms with Gasteiger partial charge in [-0.3, -0.25) is 9.00 Å². The monoisotopic (exact) mass is 388 g/mol. The number of rotatable bonds is 9. The number of esters is 1. The topological polar surface area (TPSA) is 80.7 Å². The predicted molar refractivity (Wildman–Crippen MR) is 105 cm³/mol. The van der Waals surface area contributed by atoms with Crippen LogP contribution in [0, 0.1) is 6.92 Å². The molecule has 5 nitrogen and oxygen atoms in total. The van der Waals surface area contributed by atoms with E-state index in [2.05, 4.69) is 0 Å². The van der Waals surface area contributed by atoms with Crippen molar-refractivity contribution in [3.63, 3.8) is 0 Å². The van der Waals surface area contributed by atoms with Gasteiger partial charge in [0.05, 0.1) is 12.2 Å². The third-order valence-electron chi connectivity index (χ3n) is 4.18. The molecule has 2 unspecified atom stereocenters. The van der Waals surface area contributed by atoms with Crippen molar-refractivity contribution < 1.29 is 23.6 Å². The summed E-state index contributed by atoms with van der Waals surface area (Å²) in [6.07, 6.45) is 0.872. The summed E-state index contributed by atoms with van der Waals surface area (Å²) >= 11 is 0. The van der Waals surface area contributed by atoms with Crippen molar-refractivity contribution >= 4 is 22.7 Å². The van der Waals surface area contributed by atoms with Crippen LogP contribution in [0.25, 0.3) is 0 Å². The molecule has 0 saturated carbocycles. The van der Waals surface area contributed by atoms with Crippen molar-refractivity contribution in [2.24, 2.45) is 0 Å². The maximum Gasteiger partial charge on any atom is 0.338 e. The maximum absolute atomic E-state index is 12.6. The fourth-order valence-corrected chi connectivity index (χ4v) is 3.96. The van der Waals surface area contributed by atoms with Crippen molar-refractivity contribution in [2.45, 2.75) is 37.7 Å². The van der Waals surface area contributed by atoms with Gasteiger partial charge >= 0.3 is 11.9 Å². The fourth-order valence-electron chi connectivity index (χ4n) is 2.64. The van der Waals surface area contributed by atoms with Crippen LogP contribution in [-0.4, -0.2) is 33.1 Å². The highest BCUT2D eigenvalue weighted by Crippen LogP contribution is 2.15. The lowest BCUT2D eigenvalue weighted by molar-refractivity contribution is -0.136. The molecule has 2 aromatic carbocycles. The summed E-state index contributed by atoms with van der Waals surface area (Å²) < 4.78 is 17.5. The molecular formula is C21H24O5S. The SMILES string of the molecule is CCOC(=O)c1ccc(CS(=O)C(CCc2ccc(C)cc2)C(=O)O)cc1. The van der Waals surface area contributed by atoms with Gasteiger partial charge in [0.15, 0.2) is 0 Å². The zero-order valence-corrected chi connectivity index (χ0v) is 16.3. The quantitative estimate of drug-likeness (QED) is 0.665. The average molecular weight is 388 g/mol. The van der Waals surface area contributed by atoms with Crippen LogP contribution in [0.1, 0.15) is 40.4 Å². The van der Waals surface area contributed by atoms with Crippen LogP contribution >= 0.6 is 0 Å². The number of carboxylic acid groups (broad SMARTS) is 1. The van der Waals surface area contributed by atoms with E-state index >= 15 is 0 Å². The summed E-state index contributed by atoms with van der Waals surface area (Å²) in [5.74, 6) is -1.33. The molecule has 27 heavy (non-hydrogen) atoms. The Morgan fingerprint density at radius 2 is 1.63 bits per heavy atom. The number of aryl methyl sites for hydroxylation is 2. The summed E-state index contributed by atoms with van der Waals surface area (Å²) in [6, 6.07) is 14.5. The van der Waals surface area contributed by atoms with E-state index in [1.165, 1.54) is 0 Å². The van der Waals surface area contributed by atoms with Gasteiger partial charge in [-0.25, -0.2) is 4.79 Å². The van der Waals surface area contributed by atoms with Crippen LogP contribution in [0.3, 0.4) is 0 Å². The van der Waals surface area contributed by atoms with Gasteiger partial charge in [-0.05, 0) is 49.9 Å². The summed E-state index contributed by atoms with van der Waals surface area (Å²) in [5, 5.41) is 8.53. The Morgan fingerprint density at radius 1 is 1.04 bits per heavy atom. The lowest BCUT2D eigenvalue weighted by atomic mass is 10.1. The largest absolute Gasteiger partial charge is 0.480 e. The van der Waals surface area contributed by atoms with Gasteiger partial charge in [-0.1, -0.05) is 42.0 Å². The second kappa shape index (κ2) is 10.0. The molecule has 6 heteroatoms. The molecule has 0 bridgehead atoms. The number of carbonyl (C=O) groups excluding carboxylic acids is 1. The number of hydrogen-bond donors (Lipinski definition) is 1. The van der Waals surface area contributed by atoms with Gasteiger partial charge in [0.1, 0.15) is 5.25 Å². The van der Waals surface area contributed by atoms with Crippen LogP contribution in [0.2, 0.25) is 0 Å². The minimum atomic E-state index is -1.55. The Balaban J connectivity index is 1.98. The van der Waals surface area contributed by atoms with Gasteiger partial charge in [-0.15, -0.1) is 0 Å². The first-order chi connectivity index (χ1) is 12.9. The third-order valence-corrected chi connectivity index (χ3v) is 5.87. The molecule has 0 spiro atoms. The molecule has 0 heterocycles. The zero-order chi connectivity index (χ0) is 19.8. The van der Waals surface area contributed by atoms with Gasteiger partial charge in [0.25, 0.3) is 0 Å². The predicted octanol–water partition coefficient (Wildman–Crippen LogP) is 3.51. The van der Waals surface area contributed by atoms with Crippen LogP contribution < -0.4 is 0 Å². The Hall–Kier alpha value is -2.47. The number of hydrogen-bond acceptors (Lipinski definition) is 4. The van der Waals surface area contributed by atoms with E-state index in [1.54, 1.807) is 31.2 Å². The lowest BCUT2D eigenvalue weighted by Crippen LogP contribution is -2.27. The Labute approximate surface area is 161 Å². The molecule has 0 radical (unpaired) electrons. The van der Waals surface area contributed by atoms with Crippen LogP contribution in [0.15, 0.2) is 48.5 Å². The first-order valence-corrected chi connectivity index (χ1v) is 10.2. The molecule has 0 aliphatic heterocycles. The van der Waals surface area contributed by atoms with Crippen molar-refractivity contribution in [3.05, 3.63) is 70.8 Å². The molecule has 0 aliphatic rings. The minimum absolute atomic E-state index is 0.133. The van der Waals surface area contributed by atoms with E-state index in [-0.39, 0.29) is 5.75 Å². The molecule has 0 amide bonds. The molecule has 1 N–H and O–H groups in total. The van der Waals surface area contributed by atoms with Gasteiger partial charge in [-0.2, -0.15) is 0 Å². The lowest BCUT2D eigenvalue weighted by Gasteiger charge is -2.13. The Bertz CT molecular complexity index is 796. The van der Waals surface area contributed by atoms with E-state index in [1.807, 2.05) is 31.2 Å². The molecule has 144 valence electrons. The summed E-state index contributed by atoms with van der Waals surface area (Å²) in [4.78, 5) is 23.2. The van der Waals surface area contributed by atoms with Gasteiger partial charge in [0, 0.05) is 16.6 Å². The van der Waals surface area contributed by atoms with E-state index in [0.717, 1.165) is 16.7 Å². The number of ether oxygens (including phenoxy) is 1. The number of aliphatic carboxylic acids is 1. The molecular weight excluding hydrogens is 364 g/mol. The highest BCUT2D eigenvalue weighted by molar-refractivity contribution is 7.85. The maximum atomic E-state index is 12.6. The van der Waals surface area contributed by atoms with E-state index in [0.29, 0.717) is 25.0 Å². The second-order valence-electron chi connectivity index (χ2n) is 6.29. The molecule has 0 saturated heterocycles. The smallest absolute Gasteiger partial charge is 0.338 e. The minimum Gasteiger partial charge on any atom is -0.480 e. The van der Waals surface area contributed by atoms with Gasteiger partial charge < -0.3 is 9.84 Å². The molecule has 0 aliphatic carbocycles. The van der Waals surface area contributed by atoms with Crippen molar-refractivity contribution in [1.29, 1.82) is 0 Å². The van der Waals surface area contributed by atoms with Crippen LogP contribution in [0.5, 0.6) is 0 Å². The average Bonchev–Trinajstić information content (AvgIpc) is 2.64. The zero-order valence-electron chi connectivity index (χ0n) is 15.5. The van der Waals surface area contributed by atoms with Crippen molar-refractivity contribution in [1.82, 2.24) is 0 Å². The van der Waals surface area contributed by atoms with E-state index < -0.39 is 28.0 Å². The highest BCUT2D eigenvalue weighted by Gasteiger charge is 2.24. The Morgan fingerprint density at radius 3 is 2.19 bits per heavy atom. The second-order valence-corrected chi connectivity index (χ2v) is 7.91. The normalized spacial score (nSPS) is 13.0. The van der Waals surface area contributed by atoms with Crippen LogP contribution in [0.4, 0.5) is 0 Å². The summed E-state index contributed by atoms with van der Waals surface area (Å²) in [6.45, 7) is 4.02. The van der Waals surface area contributed by atoms with E-state index in [4.69, 9.17) is 4.74 Å². The first kappa shape index (κ1) is 20.8. The standard InChI is InChI=1S/C21H24O5S/c1-3-26-21(24)18-11-8-17(9-12-18)14-27(25)19(20(22)23)13-10-16-6-4-15(2)5-7-16/h4-9,11-12,19H,3,10,13-14H2,1-2H3,(H,22,23). The molecule has 0 aromatic heterocycles. The summed E-state index contributed by atoms with van der Waals surface area (Å²) in [7, 11) is -1.55. The van der Waals surface area contributed by atoms with Crippen molar-refractivity contribution in [2.75, 3.05) is 6.61 Å². The molecule has 2 aromatic rings. The molecule has 2 rings (SSSR count). The summed E-state index contributed by atoms with van der Waals surface area (Å²) in [5.41, 5.74) is 3.31. The van der Waals surface area contributed by atoms with Crippen molar-refractivity contribution in [3.8, 4) is 0 Å².